The normalized spacial score (nSPS) is 24.9. The van der Waals surface area contributed by atoms with Gasteiger partial charge in [-0.15, -0.1) is 0 Å². The summed E-state index contributed by atoms with van der Waals surface area (Å²) in [5.74, 6) is -8.22. The van der Waals surface area contributed by atoms with Crippen LogP contribution in [0.5, 0.6) is 5.75 Å². The van der Waals surface area contributed by atoms with Crippen LogP contribution >= 0.6 is 11.8 Å². The molecule has 0 aliphatic carbocycles. The lowest BCUT2D eigenvalue weighted by atomic mass is 9.96. The van der Waals surface area contributed by atoms with Crippen LogP contribution in [0.15, 0.2) is 24.3 Å². The van der Waals surface area contributed by atoms with Crippen molar-refractivity contribution in [2.45, 2.75) is 134 Å². The lowest BCUT2D eigenvalue weighted by Crippen LogP contribution is -2.61. The van der Waals surface area contributed by atoms with Gasteiger partial charge < -0.3 is 64.5 Å². The van der Waals surface area contributed by atoms with Crippen LogP contribution in [-0.4, -0.2) is 137 Å². The summed E-state index contributed by atoms with van der Waals surface area (Å²) in [5, 5.41) is 15.6. The van der Waals surface area contributed by atoms with Crippen LogP contribution in [-0.2, 0) is 54.4 Å². The lowest BCUT2D eigenvalue weighted by molar-refractivity contribution is -0.142. The molecular formula is C43H67N11O11S. The van der Waals surface area contributed by atoms with Gasteiger partial charge in [0.2, 0.25) is 59.1 Å². The molecule has 14 N–H and O–H groups in total. The number of likely N-dealkylation sites (tertiary alicyclic amines) is 1. The standard InChI is InChI=1S/C43H67N11O11S/c1-6-23(4)35-42(63)48-27(13-14-33(45)55)38(59)51-30(20-34(46)56)39(60)52-31(43(64)54-16-7-8-32(54)41(62)49-28(36(47)57)18-22(2)3)21-66-17-15-26(44)37(58)50-29(40(61)53-35)19-24-9-11-25(65-5)12-10-24/h9-12,22-23,26-32,35H,6-8,13-21,44H2,1-5H3,(H2,45,55)(H2,46,56)(H2,47,57)(H,48,63)(H,49,62)(H,50,58)(H,51,59)(H,52,60)(H,53,61)/t23-,26-,27-,28-,29-,30-,31-,32-,35-/m0/s1. The zero-order valence-electron chi connectivity index (χ0n) is 38.2. The third kappa shape index (κ3) is 16.8. The van der Waals surface area contributed by atoms with E-state index < -0.39 is 126 Å². The number of nitrogens with zero attached hydrogens (tertiary/aromatic N) is 1. The Morgan fingerprint density at radius 3 is 2.03 bits per heavy atom. The number of benzene rings is 1. The predicted octanol–water partition coefficient (Wildman–Crippen LogP) is -2.68. The summed E-state index contributed by atoms with van der Waals surface area (Å²) < 4.78 is 5.25. The zero-order chi connectivity index (χ0) is 49.2. The first-order valence-corrected chi connectivity index (χ1v) is 23.3. The number of amides is 10. The van der Waals surface area contributed by atoms with Crippen LogP contribution in [0, 0.1) is 11.8 Å². The van der Waals surface area contributed by atoms with Crippen LogP contribution < -0.4 is 59.6 Å². The molecule has 22 nitrogen and oxygen atoms in total. The van der Waals surface area contributed by atoms with Crippen molar-refractivity contribution in [2.75, 3.05) is 25.2 Å². The Morgan fingerprint density at radius 2 is 1.44 bits per heavy atom. The first kappa shape index (κ1) is 54.4. The minimum atomic E-state index is -1.71. The average Bonchev–Trinajstić information content (AvgIpc) is 3.76. The molecule has 0 saturated carbocycles. The topological polar surface area (TPSA) is 359 Å². The van der Waals surface area contributed by atoms with Gasteiger partial charge in [-0.25, -0.2) is 0 Å². The van der Waals surface area contributed by atoms with Crippen molar-refractivity contribution >= 4 is 70.8 Å². The van der Waals surface area contributed by atoms with Gasteiger partial charge in [0.15, 0.2) is 0 Å². The van der Waals surface area contributed by atoms with Gasteiger partial charge in [-0.3, -0.25) is 47.9 Å². The molecule has 2 aliphatic rings. The van der Waals surface area contributed by atoms with E-state index in [1.165, 1.54) is 12.0 Å². The minimum absolute atomic E-state index is 0.00204. The van der Waals surface area contributed by atoms with Crippen LogP contribution in [0.1, 0.15) is 84.6 Å². The Morgan fingerprint density at radius 1 is 0.818 bits per heavy atom. The van der Waals surface area contributed by atoms with E-state index in [4.69, 9.17) is 27.7 Å². The maximum atomic E-state index is 14.4. The molecule has 23 heteroatoms. The number of hydrogen-bond acceptors (Lipinski definition) is 13. The molecular weight excluding hydrogens is 879 g/mol. The van der Waals surface area contributed by atoms with Crippen molar-refractivity contribution in [2.24, 2.45) is 34.8 Å². The molecule has 0 radical (unpaired) electrons. The number of nitrogens with one attached hydrogen (secondary N) is 6. The maximum absolute atomic E-state index is 14.4. The molecule has 10 amide bonds. The van der Waals surface area contributed by atoms with Crippen molar-refractivity contribution in [3.8, 4) is 5.75 Å². The predicted molar refractivity (Wildman–Crippen MR) is 243 cm³/mol. The van der Waals surface area contributed by atoms with Gasteiger partial charge in [0.05, 0.1) is 19.6 Å². The van der Waals surface area contributed by atoms with E-state index in [0.29, 0.717) is 24.2 Å². The van der Waals surface area contributed by atoms with Gasteiger partial charge in [0.25, 0.3) is 0 Å². The van der Waals surface area contributed by atoms with E-state index in [1.54, 1.807) is 38.1 Å². The van der Waals surface area contributed by atoms with E-state index >= 15 is 0 Å². The summed E-state index contributed by atoms with van der Waals surface area (Å²) >= 11 is 1.13. The third-order valence-electron chi connectivity index (χ3n) is 11.4. The Balaban J connectivity index is 2.06. The first-order valence-electron chi connectivity index (χ1n) is 22.1. The van der Waals surface area contributed by atoms with Gasteiger partial charge >= 0.3 is 0 Å². The summed E-state index contributed by atoms with van der Waals surface area (Å²) in [6.45, 7) is 7.25. The van der Waals surface area contributed by atoms with Gasteiger partial charge in [-0.05, 0) is 67.4 Å². The maximum Gasteiger partial charge on any atom is 0.246 e. The van der Waals surface area contributed by atoms with Crippen LogP contribution in [0.25, 0.3) is 0 Å². The summed E-state index contributed by atoms with van der Waals surface area (Å²) in [4.78, 5) is 136. The number of carbonyl (C=O) groups excluding carboxylic acids is 10. The zero-order valence-corrected chi connectivity index (χ0v) is 39.0. The fraction of sp³-hybridized carbons (Fsp3) is 0.628. The number of methoxy groups -OCH3 is 1. The molecule has 66 heavy (non-hydrogen) atoms. The Bertz CT molecular complexity index is 1920. The number of rotatable bonds is 16. The van der Waals surface area contributed by atoms with Gasteiger partial charge in [0, 0.05) is 25.1 Å². The Labute approximate surface area is 388 Å². The van der Waals surface area contributed by atoms with Crippen molar-refractivity contribution < 1.29 is 52.7 Å². The van der Waals surface area contributed by atoms with E-state index in [1.807, 2.05) is 13.8 Å². The number of hydrogen-bond donors (Lipinski definition) is 10. The van der Waals surface area contributed by atoms with Crippen LogP contribution in [0.2, 0.25) is 0 Å². The molecule has 0 bridgehead atoms. The number of primary amides is 3. The minimum Gasteiger partial charge on any atom is -0.497 e. The van der Waals surface area contributed by atoms with Crippen molar-refractivity contribution in [1.29, 1.82) is 0 Å². The summed E-state index contributed by atoms with van der Waals surface area (Å²) in [7, 11) is 1.50. The number of thioether (sulfide) groups is 1. The highest BCUT2D eigenvalue weighted by molar-refractivity contribution is 7.99. The molecule has 3 rings (SSSR count). The second kappa shape index (κ2) is 26.2. The van der Waals surface area contributed by atoms with Crippen molar-refractivity contribution in [1.82, 2.24) is 36.8 Å². The Hall–Kier alpha value is -5.97. The molecule has 1 aromatic rings. The molecule has 0 unspecified atom stereocenters. The fourth-order valence-electron chi connectivity index (χ4n) is 7.42. The molecule has 2 saturated heterocycles. The van der Waals surface area contributed by atoms with Gasteiger partial charge in [-0.1, -0.05) is 46.2 Å². The summed E-state index contributed by atoms with van der Waals surface area (Å²) in [6.07, 6.45) is -0.260. The molecule has 0 aromatic heterocycles. The summed E-state index contributed by atoms with van der Waals surface area (Å²) in [6, 6.07) is -3.62. The molecule has 2 fully saturated rings. The highest BCUT2D eigenvalue weighted by Gasteiger charge is 2.40. The second-order valence-electron chi connectivity index (χ2n) is 17.1. The monoisotopic (exact) mass is 945 g/mol. The Kier molecular flexibility index (Phi) is 21.6. The van der Waals surface area contributed by atoms with Crippen LogP contribution in [0.4, 0.5) is 0 Å². The number of nitrogens with two attached hydrogens (primary N) is 4. The molecule has 9 atom stereocenters. The molecule has 2 aliphatic heterocycles. The van der Waals surface area contributed by atoms with Crippen molar-refractivity contribution in [3.63, 3.8) is 0 Å². The second-order valence-corrected chi connectivity index (χ2v) is 18.2. The van der Waals surface area contributed by atoms with E-state index in [2.05, 4.69) is 31.9 Å². The average molecular weight is 946 g/mol. The first-order chi connectivity index (χ1) is 31.1. The highest BCUT2D eigenvalue weighted by atomic mass is 32.2. The third-order valence-corrected chi connectivity index (χ3v) is 12.5. The lowest BCUT2D eigenvalue weighted by Gasteiger charge is -2.31. The van der Waals surface area contributed by atoms with Crippen molar-refractivity contribution in [3.05, 3.63) is 29.8 Å². The smallest absolute Gasteiger partial charge is 0.246 e. The fourth-order valence-corrected chi connectivity index (χ4v) is 8.47. The molecule has 1 aromatic carbocycles. The summed E-state index contributed by atoms with van der Waals surface area (Å²) in [5.41, 5.74) is 23.5. The quantitative estimate of drug-likeness (QED) is 0.0809. The van der Waals surface area contributed by atoms with Gasteiger partial charge in [-0.2, -0.15) is 11.8 Å². The van der Waals surface area contributed by atoms with E-state index in [-0.39, 0.29) is 56.1 Å². The largest absolute Gasteiger partial charge is 0.497 e. The molecule has 2 heterocycles. The van der Waals surface area contributed by atoms with E-state index in [9.17, 15) is 47.9 Å². The molecule has 366 valence electrons. The van der Waals surface area contributed by atoms with E-state index in [0.717, 1.165) is 11.8 Å². The van der Waals surface area contributed by atoms with Crippen LogP contribution in [0.3, 0.4) is 0 Å². The number of ether oxygens (including phenoxy) is 1. The van der Waals surface area contributed by atoms with Gasteiger partial charge in [0.1, 0.15) is 48.0 Å². The number of carbonyl (C=O) groups is 10. The molecule has 0 spiro atoms. The SMILES string of the molecule is CC[C@H](C)[C@@H]1NC(=O)[C@H](Cc2ccc(OC)cc2)NC(=O)[C@@H](N)CCSC[C@@H](C(=O)N2CCC[C@H]2C(=O)N[C@@H](CC(C)C)C(N)=O)NC(=O)[C@H](CC(N)=O)NC(=O)[C@H](CCC(N)=O)NC1=O. The highest BCUT2D eigenvalue weighted by Crippen LogP contribution is 2.22.